The predicted octanol–water partition coefficient (Wildman–Crippen LogP) is 1.96. The molecule has 204 valence electrons. The van der Waals surface area contributed by atoms with Gasteiger partial charge in [0.05, 0.1) is 0 Å². The Hall–Kier alpha value is -2.84. The van der Waals surface area contributed by atoms with E-state index in [-0.39, 0.29) is 24.8 Å². The second-order valence-electron chi connectivity index (χ2n) is 9.59. The first-order chi connectivity index (χ1) is 18.4. The van der Waals surface area contributed by atoms with Crippen LogP contribution in [0.1, 0.15) is 17.5 Å². The van der Waals surface area contributed by atoms with Crippen molar-refractivity contribution in [3.8, 4) is 0 Å². The Labute approximate surface area is 266 Å². The third-order valence-corrected chi connectivity index (χ3v) is 7.84. The third-order valence-electron chi connectivity index (χ3n) is 6.42. The average Bonchev–Trinajstić information content (AvgIpc) is 3.65. The van der Waals surface area contributed by atoms with Gasteiger partial charge in [0.2, 0.25) is 0 Å². The fourth-order valence-corrected chi connectivity index (χ4v) is 5.07. The van der Waals surface area contributed by atoms with Gasteiger partial charge in [-0.3, -0.25) is 6.08 Å². The van der Waals surface area contributed by atoms with Crippen LogP contribution < -0.4 is 34.6 Å². The molecule has 0 unspecified atom stereocenters. The fraction of sp³-hybridized carbons (Fsp3) is 0.143. The van der Waals surface area contributed by atoms with Crippen LogP contribution in [-0.4, -0.2) is 31.4 Å². The predicted molar refractivity (Wildman–Crippen MR) is 163 cm³/mol. The van der Waals surface area contributed by atoms with Gasteiger partial charge in [-0.05, 0) is 0 Å². The van der Waals surface area contributed by atoms with Crippen molar-refractivity contribution in [2.45, 2.75) is 6.42 Å². The number of halogens is 2. The average molecular weight is 645 g/mol. The molecule has 6 rings (SSSR count). The summed E-state index contributed by atoms with van der Waals surface area (Å²) in [6.45, 7) is 0. The summed E-state index contributed by atoms with van der Waals surface area (Å²) >= 11 is 1.46. The molecule has 0 aliphatic heterocycles. The van der Waals surface area contributed by atoms with E-state index in [1.807, 2.05) is 12.2 Å². The molecule has 0 fully saturated rings. The van der Waals surface area contributed by atoms with Gasteiger partial charge in [-0.25, -0.2) is 12.2 Å². The molecule has 5 heteroatoms. The summed E-state index contributed by atoms with van der Waals surface area (Å²) in [5.74, 6) is 0. The Morgan fingerprint density at radius 3 is 1.45 bits per heavy atom. The first kappa shape index (κ1) is 33.4. The van der Waals surface area contributed by atoms with Crippen molar-refractivity contribution in [3.63, 3.8) is 0 Å². The van der Waals surface area contributed by atoms with Crippen molar-refractivity contribution in [1.29, 1.82) is 0 Å². The summed E-state index contributed by atoms with van der Waals surface area (Å²) in [6.07, 6.45) is 10.0. The molecule has 0 atom stereocenters. The van der Waals surface area contributed by atoms with Crippen molar-refractivity contribution in [3.05, 3.63) is 139 Å². The van der Waals surface area contributed by atoms with E-state index < -0.39 is 0 Å². The number of hydrogen-bond acceptors (Lipinski definition) is 2. The molecular formula is C35H34Cl2N2Zr-2. The molecule has 0 heterocycles. The molecule has 0 saturated carbocycles. The van der Waals surface area contributed by atoms with Gasteiger partial charge in [-0.1, -0.05) is 24.3 Å². The topological polar surface area (TPSA) is 6.48 Å². The van der Waals surface area contributed by atoms with Crippen LogP contribution in [0.15, 0.2) is 121 Å². The zero-order valence-electron chi connectivity index (χ0n) is 23.4. The molecule has 0 N–H and O–H groups in total. The molecule has 1 aliphatic carbocycles. The van der Waals surface area contributed by atoms with Gasteiger partial charge < -0.3 is 34.6 Å². The van der Waals surface area contributed by atoms with E-state index in [4.69, 9.17) is 0 Å². The molecule has 40 heavy (non-hydrogen) atoms. The normalized spacial score (nSPS) is 10.9. The summed E-state index contributed by atoms with van der Waals surface area (Å²) in [7, 11) is 8.32. The summed E-state index contributed by atoms with van der Waals surface area (Å²) in [5.41, 5.74) is 5.15. The number of anilines is 2. The van der Waals surface area contributed by atoms with Crippen LogP contribution in [0.5, 0.6) is 0 Å². The minimum atomic E-state index is 0. The number of nitrogens with zero attached hydrogens (tertiary/aromatic N) is 2. The van der Waals surface area contributed by atoms with E-state index in [2.05, 4.69) is 153 Å². The molecule has 5 aromatic carbocycles. The van der Waals surface area contributed by atoms with Crippen LogP contribution in [0, 0.1) is 6.08 Å². The van der Waals surface area contributed by atoms with Gasteiger partial charge in [0.25, 0.3) is 0 Å². The second-order valence-corrected chi connectivity index (χ2v) is 10.8. The summed E-state index contributed by atoms with van der Waals surface area (Å²) in [6, 6.07) is 36.7. The van der Waals surface area contributed by atoms with E-state index in [9.17, 15) is 0 Å². The maximum atomic E-state index is 2.99. The van der Waals surface area contributed by atoms with E-state index in [0.29, 0.717) is 0 Å². The molecule has 0 aromatic heterocycles. The number of rotatable bonds is 4. The molecule has 0 bridgehead atoms. The Balaban J connectivity index is 0.000000235. The van der Waals surface area contributed by atoms with E-state index in [1.165, 1.54) is 71.5 Å². The van der Waals surface area contributed by atoms with Gasteiger partial charge in [-0.15, -0.1) is 46.2 Å². The van der Waals surface area contributed by atoms with Crippen molar-refractivity contribution >= 4 is 36.1 Å². The zero-order chi connectivity index (χ0) is 26.9. The fourth-order valence-electron chi connectivity index (χ4n) is 4.25. The number of fused-ring (bicyclic) bond motifs is 3. The quantitative estimate of drug-likeness (QED) is 0.277. The summed E-state index contributed by atoms with van der Waals surface area (Å²) in [4.78, 5) is 4.29. The van der Waals surface area contributed by atoms with Crippen molar-refractivity contribution in [2.24, 2.45) is 0 Å². The van der Waals surface area contributed by atoms with Crippen molar-refractivity contribution in [1.82, 2.24) is 0 Å². The molecule has 2 nitrogen and oxygen atoms in total. The van der Waals surface area contributed by atoms with E-state index >= 15 is 0 Å². The van der Waals surface area contributed by atoms with Crippen LogP contribution in [0.2, 0.25) is 0 Å². The first-order valence-corrected chi connectivity index (χ1v) is 14.1. The van der Waals surface area contributed by atoms with Crippen molar-refractivity contribution < 1.29 is 49.0 Å². The zero-order valence-corrected chi connectivity index (χ0v) is 27.4. The molecule has 0 spiro atoms. The minimum absolute atomic E-state index is 0. The monoisotopic (exact) mass is 642 g/mol. The Kier molecular flexibility index (Phi) is 13.7. The maximum absolute atomic E-state index is 2.99. The van der Waals surface area contributed by atoms with Gasteiger partial charge in [0.15, 0.2) is 0 Å². The molecular weight excluding hydrogens is 611 g/mol. The number of benzene rings is 4. The molecule has 0 saturated heterocycles. The first-order valence-electron chi connectivity index (χ1n) is 12.8. The second kappa shape index (κ2) is 16.4. The third kappa shape index (κ3) is 8.83. The Morgan fingerprint density at radius 1 is 0.675 bits per heavy atom. The Bertz CT molecular complexity index is 1440. The number of allylic oxidation sites excluding steroid dienone is 4. The van der Waals surface area contributed by atoms with E-state index in [1.54, 1.807) is 0 Å². The van der Waals surface area contributed by atoms with Gasteiger partial charge in [-0.2, -0.15) is 6.08 Å². The summed E-state index contributed by atoms with van der Waals surface area (Å²) < 4.78 is 1.42. The van der Waals surface area contributed by atoms with Crippen LogP contribution in [0.3, 0.4) is 0 Å². The van der Waals surface area contributed by atoms with Gasteiger partial charge in [0, 0.05) is 39.6 Å². The van der Waals surface area contributed by atoms with Crippen LogP contribution in [0.25, 0.3) is 21.5 Å². The molecule has 0 amide bonds. The van der Waals surface area contributed by atoms with Crippen molar-refractivity contribution in [2.75, 3.05) is 38.0 Å². The van der Waals surface area contributed by atoms with E-state index in [0.717, 1.165) is 6.42 Å². The molecule has 1 aliphatic rings. The SMILES string of the molecule is CN(C)c1ccc2[cH-]c3ccc(N(C)C)cc3c2c1.[C-]1=CC=CC1.[Cl-].[Cl-].[Zr+2]=[C](c1ccccc1)c1ccccc1. The summed E-state index contributed by atoms with van der Waals surface area (Å²) in [5, 5.41) is 5.31. The molecule has 0 radical (unpaired) electrons. The van der Waals surface area contributed by atoms with Gasteiger partial charge >= 0.3 is 99.2 Å². The Morgan fingerprint density at radius 2 is 1.12 bits per heavy atom. The molecule has 5 aromatic rings. The van der Waals surface area contributed by atoms with Gasteiger partial charge in [0.1, 0.15) is 0 Å². The van der Waals surface area contributed by atoms with Crippen LogP contribution in [0.4, 0.5) is 11.4 Å². The van der Waals surface area contributed by atoms with Crippen LogP contribution >= 0.6 is 0 Å². The van der Waals surface area contributed by atoms with Crippen LogP contribution in [-0.2, 0) is 24.2 Å². The number of hydrogen-bond donors (Lipinski definition) is 0. The standard InChI is InChI=1S/C17H19N2.C13H10.C5H5.2ClH.Zr/c1-18(2)14-7-5-12-9-13-6-8-15(19(3)4)11-17(13)16(12)10-14;1-3-7-12(8-4-1)11-13-9-5-2-6-10-13;1-2-4-5-3-1;;;/h5-11H,1-4H3;1-10H;1-3H,4H2;2*1H;/q-1;;-1;;;+2/p-2.